The summed E-state index contributed by atoms with van der Waals surface area (Å²) in [5, 5.41) is 3.25. The van der Waals surface area contributed by atoms with Crippen LogP contribution >= 0.6 is 0 Å². The van der Waals surface area contributed by atoms with Crippen molar-refractivity contribution in [3.63, 3.8) is 0 Å². The number of nitrogens with zero attached hydrogens (tertiary/aromatic N) is 1. The van der Waals surface area contributed by atoms with Crippen molar-refractivity contribution in [2.75, 3.05) is 6.54 Å². The first-order valence-electron chi connectivity index (χ1n) is 8.27. The fourth-order valence-electron chi connectivity index (χ4n) is 2.31. The molecule has 1 rings (SSSR count). The molecular formula is C17H27F3N2. The fraction of sp³-hybridized carbons (Fsp3) is 0.706. The third-order valence-electron chi connectivity index (χ3n) is 3.65. The van der Waals surface area contributed by atoms with Crippen molar-refractivity contribution < 1.29 is 13.2 Å². The van der Waals surface area contributed by atoms with Crippen LogP contribution in [0.1, 0.15) is 69.5 Å². The minimum Gasteiger partial charge on any atom is -0.313 e. The van der Waals surface area contributed by atoms with E-state index >= 15 is 0 Å². The Labute approximate surface area is 131 Å². The number of hydrogen-bond donors (Lipinski definition) is 1. The topological polar surface area (TPSA) is 24.9 Å². The molecule has 1 aromatic rings. The van der Waals surface area contributed by atoms with Gasteiger partial charge in [-0.05, 0) is 24.6 Å². The second-order valence-corrected chi connectivity index (χ2v) is 5.70. The number of halogens is 3. The second-order valence-electron chi connectivity index (χ2n) is 5.70. The molecule has 0 saturated heterocycles. The number of alkyl halides is 3. The van der Waals surface area contributed by atoms with Gasteiger partial charge in [0.1, 0.15) is 5.69 Å². The first-order valence-corrected chi connectivity index (χ1v) is 8.27. The molecule has 0 atom stereocenters. The second kappa shape index (κ2) is 10.6. The predicted octanol–water partition coefficient (Wildman–Crippen LogP) is 5.33. The molecule has 0 spiro atoms. The molecule has 22 heavy (non-hydrogen) atoms. The van der Waals surface area contributed by atoms with E-state index in [4.69, 9.17) is 0 Å². The van der Waals surface area contributed by atoms with Gasteiger partial charge in [0.2, 0.25) is 0 Å². The highest BCUT2D eigenvalue weighted by molar-refractivity contribution is 5.15. The molecule has 0 aliphatic rings. The summed E-state index contributed by atoms with van der Waals surface area (Å²) in [7, 11) is 0. The van der Waals surface area contributed by atoms with Gasteiger partial charge >= 0.3 is 6.18 Å². The summed E-state index contributed by atoms with van der Waals surface area (Å²) in [5.74, 6) is 0. The number of pyridine rings is 1. The molecule has 0 saturated carbocycles. The molecule has 0 aliphatic carbocycles. The molecule has 0 radical (unpaired) electrons. The average Bonchev–Trinajstić information content (AvgIpc) is 2.49. The van der Waals surface area contributed by atoms with E-state index in [1.807, 2.05) is 0 Å². The summed E-state index contributed by atoms with van der Waals surface area (Å²) < 4.78 is 37.1. The quantitative estimate of drug-likeness (QED) is 0.558. The van der Waals surface area contributed by atoms with E-state index in [0.717, 1.165) is 24.6 Å². The summed E-state index contributed by atoms with van der Waals surface area (Å²) >= 11 is 0. The highest BCUT2D eigenvalue weighted by atomic mass is 19.4. The molecule has 1 aromatic heterocycles. The Kier molecular flexibility index (Phi) is 9.13. The average molecular weight is 316 g/mol. The highest BCUT2D eigenvalue weighted by Crippen LogP contribution is 2.27. The zero-order valence-corrected chi connectivity index (χ0v) is 13.4. The summed E-state index contributed by atoms with van der Waals surface area (Å²) in [6.45, 7) is 3.69. The maximum atomic E-state index is 12.4. The summed E-state index contributed by atoms with van der Waals surface area (Å²) in [6.07, 6.45) is 7.13. The van der Waals surface area contributed by atoms with Gasteiger partial charge in [0.05, 0.1) is 0 Å². The van der Waals surface area contributed by atoms with E-state index in [2.05, 4.69) is 17.2 Å². The van der Waals surface area contributed by atoms with Crippen LogP contribution in [0.2, 0.25) is 0 Å². The van der Waals surface area contributed by atoms with Crippen LogP contribution in [0.4, 0.5) is 13.2 Å². The number of aromatic nitrogens is 1. The molecule has 1 heterocycles. The summed E-state index contributed by atoms with van der Waals surface area (Å²) in [5.41, 5.74) is -0.0492. The lowest BCUT2D eigenvalue weighted by Gasteiger charge is -2.07. The van der Waals surface area contributed by atoms with Crippen LogP contribution in [0.3, 0.4) is 0 Å². The maximum Gasteiger partial charge on any atom is 0.433 e. The Bertz CT molecular complexity index is 388. The number of hydrogen-bond acceptors (Lipinski definition) is 2. The van der Waals surface area contributed by atoms with Crippen LogP contribution in [0.15, 0.2) is 18.3 Å². The molecule has 0 aromatic carbocycles. The van der Waals surface area contributed by atoms with Gasteiger partial charge in [-0.15, -0.1) is 0 Å². The van der Waals surface area contributed by atoms with Crippen molar-refractivity contribution in [2.24, 2.45) is 0 Å². The van der Waals surface area contributed by atoms with Gasteiger partial charge < -0.3 is 5.32 Å². The number of nitrogens with one attached hydrogen (secondary N) is 1. The monoisotopic (exact) mass is 316 g/mol. The first-order chi connectivity index (χ1) is 10.5. The van der Waals surface area contributed by atoms with Crippen molar-refractivity contribution in [1.29, 1.82) is 0 Å². The lowest BCUT2D eigenvalue weighted by atomic mass is 10.1. The maximum absolute atomic E-state index is 12.4. The Balaban J connectivity index is 2.03. The highest BCUT2D eigenvalue weighted by Gasteiger charge is 2.31. The van der Waals surface area contributed by atoms with E-state index in [9.17, 15) is 13.2 Å². The smallest absolute Gasteiger partial charge is 0.313 e. The van der Waals surface area contributed by atoms with E-state index in [0.29, 0.717) is 6.54 Å². The van der Waals surface area contributed by atoms with Gasteiger partial charge in [-0.25, -0.2) is 0 Å². The summed E-state index contributed by atoms with van der Waals surface area (Å²) in [6, 6.07) is 2.52. The molecule has 5 heteroatoms. The van der Waals surface area contributed by atoms with Crippen molar-refractivity contribution in [1.82, 2.24) is 10.3 Å². The third kappa shape index (κ3) is 8.37. The van der Waals surface area contributed by atoms with Gasteiger partial charge in [0, 0.05) is 12.7 Å². The predicted molar refractivity (Wildman–Crippen MR) is 83.6 cm³/mol. The molecule has 2 nitrogen and oxygen atoms in total. The molecule has 0 bridgehead atoms. The van der Waals surface area contributed by atoms with Crippen molar-refractivity contribution in [2.45, 2.75) is 71.0 Å². The molecule has 0 amide bonds. The van der Waals surface area contributed by atoms with Gasteiger partial charge in [0.25, 0.3) is 0 Å². The molecule has 1 N–H and O–H groups in total. The lowest BCUT2D eigenvalue weighted by molar-refractivity contribution is -0.141. The molecule has 126 valence electrons. The van der Waals surface area contributed by atoms with Gasteiger partial charge in [-0.1, -0.05) is 57.9 Å². The van der Waals surface area contributed by atoms with Crippen LogP contribution in [-0.4, -0.2) is 11.5 Å². The van der Waals surface area contributed by atoms with Crippen LogP contribution in [0, 0.1) is 0 Å². The van der Waals surface area contributed by atoms with Crippen LogP contribution in [-0.2, 0) is 12.7 Å². The summed E-state index contributed by atoms with van der Waals surface area (Å²) in [4.78, 5) is 3.45. The molecule has 0 fully saturated rings. The largest absolute Gasteiger partial charge is 0.433 e. The van der Waals surface area contributed by atoms with Crippen molar-refractivity contribution >= 4 is 0 Å². The van der Waals surface area contributed by atoms with Gasteiger partial charge in [0.15, 0.2) is 0 Å². The normalized spacial score (nSPS) is 11.8. The zero-order chi connectivity index (χ0) is 16.3. The van der Waals surface area contributed by atoms with Gasteiger partial charge in [-0.3, -0.25) is 4.98 Å². The zero-order valence-electron chi connectivity index (χ0n) is 13.4. The van der Waals surface area contributed by atoms with Crippen LogP contribution < -0.4 is 5.32 Å². The third-order valence-corrected chi connectivity index (χ3v) is 3.65. The van der Waals surface area contributed by atoms with Crippen molar-refractivity contribution in [3.8, 4) is 0 Å². The lowest BCUT2D eigenvalue weighted by Crippen LogP contribution is -2.15. The van der Waals surface area contributed by atoms with Crippen molar-refractivity contribution in [3.05, 3.63) is 29.6 Å². The van der Waals surface area contributed by atoms with Crippen LogP contribution in [0.25, 0.3) is 0 Å². The van der Waals surface area contributed by atoms with Gasteiger partial charge in [-0.2, -0.15) is 13.2 Å². The Morgan fingerprint density at radius 1 is 0.955 bits per heavy atom. The Morgan fingerprint density at radius 3 is 2.14 bits per heavy atom. The minimum atomic E-state index is -4.36. The number of unbranched alkanes of at least 4 members (excludes halogenated alkanes) is 7. The molecule has 0 aliphatic heterocycles. The Morgan fingerprint density at radius 2 is 1.59 bits per heavy atom. The Hall–Kier alpha value is -1.10. The SMILES string of the molecule is CCCCCCCCCCNCc1ccc(C(F)(F)F)nc1. The fourth-order valence-corrected chi connectivity index (χ4v) is 2.31. The number of rotatable bonds is 11. The first kappa shape index (κ1) is 18.9. The minimum absolute atomic E-state index is 0.571. The molecule has 0 unspecified atom stereocenters. The molecular weight excluding hydrogens is 289 g/mol. The van der Waals surface area contributed by atoms with E-state index in [1.54, 1.807) is 0 Å². The standard InChI is InChI=1S/C17H27F3N2/c1-2-3-4-5-6-7-8-9-12-21-13-15-10-11-16(22-14-15)17(18,19)20/h10-11,14,21H,2-9,12-13H2,1H3. The van der Waals surface area contributed by atoms with E-state index in [-0.39, 0.29) is 0 Å². The van der Waals surface area contributed by atoms with E-state index < -0.39 is 11.9 Å². The van der Waals surface area contributed by atoms with E-state index in [1.165, 1.54) is 57.2 Å². The van der Waals surface area contributed by atoms with Crippen LogP contribution in [0.5, 0.6) is 0 Å².